The van der Waals surface area contributed by atoms with Crippen LogP contribution in [0, 0.1) is 0 Å². The smallest absolute Gasteiger partial charge is 0.269 e. The number of nitrogens with zero attached hydrogens (tertiary/aromatic N) is 2. The molecule has 1 aromatic carbocycles. The first-order valence-electron chi connectivity index (χ1n) is 6.11. The molecule has 0 bridgehead atoms. The molecular weight excluding hydrogens is 306 g/mol. The third-order valence-electron chi connectivity index (χ3n) is 2.84. The Kier molecular flexibility index (Phi) is 4.74. The number of nitrogens with one attached hydrogen (secondary N) is 1. The summed E-state index contributed by atoms with van der Waals surface area (Å²) < 4.78 is 1.61. The van der Waals surface area contributed by atoms with E-state index in [9.17, 15) is 4.79 Å². The lowest BCUT2D eigenvalue weighted by molar-refractivity contribution is 0.0945. The normalized spacial score (nSPS) is 10.4. The third-order valence-corrected chi connectivity index (χ3v) is 3.42. The molecule has 0 fully saturated rings. The zero-order valence-electron chi connectivity index (χ0n) is 10.8. The number of aryl methyl sites for hydroxylation is 1. The summed E-state index contributed by atoms with van der Waals surface area (Å²) in [6.45, 7) is 0.623. The SMILES string of the molecule is Cn1nc(CBr)cc1C(=O)NCCc1ccccc1. The highest BCUT2D eigenvalue weighted by molar-refractivity contribution is 9.08. The average Bonchev–Trinajstić information content (AvgIpc) is 2.81. The minimum Gasteiger partial charge on any atom is -0.350 e. The van der Waals surface area contributed by atoms with Crippen LogP contribution in [0.25, 0.3) is 0 Å². The van der Waals surface area contributed by atoms with Crippen LogP contribution in [0.1, 0.15) is 21.7 Å². The van der Waals surface area contributed by atoms with Crippen LogP contribution in [0.5, 0.6) is 0 Å². The maximum absolute atomic E-state index is 12.0. The van der Waals surface area contributed by atoms with E-state index in [-0.39, 0.29) is 5.91 Å². The summed E-state index contributed by atoms with van der Waals surface area (Å²) in [7, 11) is 1.78. The molecular formula is C14H16BrN3O. The van der Waals surface area contributed by atoms with Crippen LogP contribution >= 0.6 is 15.9 Å². The van der Waals surface area contributed by atoms with E-state index in [2.05, 4.69) is 38.5 Å². The zero-order valence-corrected chi connectivity index (χ0v) is 12.4. The monoisotopic (exact) mass is 321 g/mol. The zero-order chi connectivity index (χ0) is 13.7. The lowest BCUT2D eigenvalue weighted by Gasteiger charge is -2.05. The van der Waals surface area contributed by atoms with Crippen LogP contribution in [0.15, 0.2) is 36.4 Å². The molecule has 5 heteroatoms. The molecule has 1 aromatic heterocycles. The number of halogens is 1. The van der Waals surface area contributed by atoms with Crippen molar-refractivity contribution in [1.29, 1.82) is 0 Å². The Bertz CT molecular complexity index is 551. The van der Waals surface area contributed by atoms with Crippen molar-refractivity contribution in [1.82, 2.24) is 15.1 Å². The van der Waals surface area contributed by atoms with Crippen LogP contribution in [-0.2, 0) is 18.8 Å². The predicted octanol–water partition coefficient (Wildman–Crippen LogP) is 2.29. The number of benzene rings is 1. The number of amides is 1. The molecule has 1 heterocycles. The van der Waals surface area contributed by atoms with Gasteiger partial charge in [-0.05, 0) is 18.1 Å². The van der Waals surface area contributed by atoms with Crippen molar-refractivity contribution in [2.45, 2.75) is 11.8 Å². The fraction of sp³-hybridized carbons (Fsp3) is 0.286. The summed E-state index contributed by atoms with van der Waals surface area (Å²) in [4.78, 5) is 12.0. The summed E-state index contributed by atoms with van der Waals surface area (Å²) in [5.41, 5.74) is 2.66. The number of hydrogen-bond donors (Lipinski definition) is 1. The highest BCUT2D eigenvalue weighted by Gasteiger charge is 2.11. The molecule has 1 N–H and O–H groups in total. The van der Waals surface area contributed by atoms with Gasteiger partial charge in [0.25, 0.3) is 5.91 Å². The fourth-order valence-corrected chi connectivity index (χ4v) is 2.13. The van der Waals surface area contributed by atoms with E-state index in [0.717, 1.165) is 12.1 Å². The maximum atomic E-state index is 12.0. The van der Waals surface area contributed by atoms with Gasteiger partial charge in [0.15, 0.2) is 0 Å². The Morgan fingerprint density at radius 3 is 2.74 bits per heavy atom. The van der Waals surface area contributed by atoms with Gasteiger partial charge in [-0.3, -0.25) is 9.48 Å². The lowest BCUT2D eigenvalue weighted by Crippen LogP contribution is -2.27. The number of carbonyl (C=O) groups excluding carboxylic acids is 1. The van der Waals surface area contributed by atoms with Crippen molar-refractivity contribution >= 4 is 21.8 Å². The largest absolute Gasteiger partial charge is 0.350 e. The van der Waals surface area contributed by atoms with E-state index < -0.39 is 0 Å². The summed E-state index contributed by atoms with van der Waals surface area (Å²) in [6.07, 6.45) is 0.829. The van der Waals surface area contributed by atoms with E-state index in [1.165, 1.54) is 5.56 Å². The number of hydrogen-bond acceptors (Lipinski definition) is 2. The number of alkyl halides is 1. The molecule has 0 atom stereocenters. The van der Waals surface area contributed by atoms with Gasteiger partial charge >= 0.3 is 0 Å². The predicted molar refractivity (Wildman–Crippen MR) is 78.3 cm³/mol. The Labute approximate surface area is 120 Å². The summed E-state index contributed by atoms with van der Waals surface area (Å²) in [5.74, 6) is -0.0851. The molecule has 0 aliphatic carbocycles. The van der Waals surface area contributed by atoms with Crippen molar-refractivity contribution in [3.8, 4) is 0 Å². The van der Waals surface area contributed by atoms with Gasteiger partial charge in [-0.2, -0.15) is 5.10 Å². The van der Waals surface area contributed by atoms with Gasteiger partial charge in [0.05, 0.1) is 5.69 Å². The van der Waals surface area contributed by atoms with Crippen molar-refractivity contribution < 1.29 is 4.79 Å². The lowest BCUT2D eigenvalue weighted by atomic mass is 10.1. The highest BCUT2D eigenvalue weighted by atomic mass is 79.9. The van der Waals surface area contributed by atoms with E-state index in [1.807, 2.05) is 18.2 Å². The molecule has 0 radical (unpaired) electrons. The van der Waals surface area contributed by atoms with Gasteiger partial charge in [-0.1, -0.05) is 46.3 Å². The van der Waals surface area contributed by atoms with E-state index >= 15 is 0 Å². The molecule has 100 valence electrons. The Hall–Kier alpha value is -1.62. The van der Waals surface area contributed by atoms with Gasteiger partial charge in [0.2, 0.25) is 0 Å². The second kappa shape index (κ2) is 6.52. The topological polar surface area (TPSA) is 46.9 Å². The van der Waals surface area contributed by atoms with Crippen molar-refractivity contribution in [3.05, 3.63) is 53.3 Å². The third kappa shape index (κ3) is 3.67. The van der Waals surface area contributed by atoms with Crippen LogP contribution < -0.4 is 5.32 Å². The van der Waals surface area contributed by atoms with E-state index in [4.69, 9.17) is 0 Å². The second-order valence-corrected chi connectivity index (χ2v) is 4.83. The summed E-state index contributed by atoms with van der Waals surface area (Å²) in [6, 6.07) is 11.9. The minimum absolute atomic E-state index is 0.0851. The second-order valence-electron chi connectivity index (χ2n) is 4.27. The van der Waals surface area contributed by atoms with Crippen LogP contribution in [0.3, 0.4) is 0 Å². The first-order chi connectivity index (χ1) is 9.20. The molecule has 2 rings (SSSR count). The maximum Gasteiger partial charge on any atom is 0.269 e. The van der Waals surface area contributed by atoms with Gasteiger partial charge in [0, 0.05) is 18.9 Å². The average molecular weight is 322 g/mol. The minimum atomic E-state index is -0.0851. The molecule has 2 aromatic rings. The molecule has 19 heavy (non-hydrogen) atoms. The van der Waals surface area contributed by atoms with Crippen LogP contribution in [0.2, 0.25) is 0 Å². The van der Waals surface area contributed by atoms with Gasteiger partial charge in [-0.25, -0.2) is 0 Å². The molecule has 0 aliphatic heterocycles. The summed E-state index contributed by atoms with van der Waals surface area (Å²) >= 11 is 3.33. The summed E-state index contributed by atoms with van der Waals surface area (Å²) in [5, 5.41) is 7.79. The number of rotatable bonds is 5. The molecule has 0 spiro atoms. The van der Waals surface area contributed by atoms with E-state index in [0.29, 0.717) is 17.6 Å². The number of carbonyl (C=O) groups is 1. The molecule has 0 aliphatic rings. The van der Waals surface area contributed by atoms with Crippen molar-refractivity contribution in [2.24, 2.45) is 7.05 Å². The Balaban J connectivity index is 1.89. The van der Waals surface area contributed by atoms with Crippen molar-refractivity contribution in [3.63, 3.8) is 0 Å². The van der Waals surface area contributed by atoms with E-state index in [1.54, 1.807) is 17.8 Å². The molecule has 0 unspecified atom stereocenters. The Morgan fingerprint density at radius 2 is 2.11 bits per heavy atom. The molecule has 4 nitrogen and oxygen atoms in total. The van der Waals surface area contributed by atoms with Gasteiger partial charge in [-0.15, -0.1) is 0 Å². The number of aromatic nitrogens is 2. The fourth-order valence-electron chi connectivity index (χ4n) is 1.86. The highest BCUT2D eigenvalue weighted by Crippen LogP contribution is 2.07. The van der Waals surface area contributed by atoms with Gasteiger partial charge in [0.1, 0.15) is 5.69 Å². The van der Waals surface area contributed by atoms with Crippen LogP contribution in [0.4, 0.5) is 0 Å². The first kappa shape index (κ1) is 13.8. The first-order valence-corrected chi connectivity index (χ1v) is 7.24. The van der Waals surface area contributed by atoms with Crippen molar-refractivity contribution in [2.75, 3.05) is 6.54 Å². The molecule has 0 saturated carbocycles. The van der Waals surface area contributed by atoms with Crippen LogP contribution in [-0.4, -0.2) is 22.2 Å². The quantitative estimate of drug-likeness (QED) is 0.859. The van der Waals surface area contributed by atoms with Gasteiger partial charge < -0.3 is 5.32 Å². The molecule has 0 saturated heterocycles. The molecule has 1 amide bonds. The Morgan fingerprint density at radius 1 is 1.37 bits per heavy atom. The standard InChI is InChI=1S/C14H16BrN3O/c1-18-13(9-12(10-15)17-18)14(19)16-8-7-11-5-3-2-4-6-11/h2-6,9H,7-8,10H2,1H3,(H,16,19).